The van der Waals surface area contributed by atoms with Crippen molar-refractivity contribution in [3.8, 4) is 11.5 Å². The predicted octanol–water partition coefficient (Wildman–Crippen LogP) is 2.27. The highest BCUT2D eigenvalue weighted by Crippen LogP contribution is 2.24. The summed E-state index contributed by atoms with van der Waals surface area (Å²) < 4.78 is 30.2. The molecular formula is C33H26N4O16. The molecular weight excluding hydrogens is 708 g/mol. The highest BCUT2D eigenvalue weighted by atomic mass is 16.7. The zero-order valence-electron chi connectivity index (χ0n) is 27.5. The number of hydrogen-bond acceptors (Lipinski definition) is 15. The van der Waals surface area contributed by atoms with Gasteiger partial charge in [-0.25, -0.2) is 33.1 Å². The molecule has 20 heteroatoms. The van der Waals surface area contributed by atoms with E-state index in [4.69, 9.17) is 18.3 Å². The van der Waals surface area contributed by atoms with Crippen LogP contribution in [0.4, 0.5) is 21.0 Å². The highest BCUT2D eigenvalue weighted by Gasteiger charge is 2.19. The molecule has 2 heterocycles. The summed E-state index contributed by atoms with van der Waals surface area (Å²) in [5, 5.41) is 14.2. The SMILES string of the molecule is COC(=O)Oc1cccc2c(=O)n(CCC(=O)Nc3cc(NC(=O)CCn4c(=O)oc5c(OC(=O)OC)cccc5c4=O)cc(C(=O)O)c3)c(=O)oc12. The first-order valence-electron chi connectivity index (χ1n) is 15.1. The molecule has 0 saturated carbocycles. The van der Waals surface area contributed by atoms with Crippen LogP contribution in [0.15, 0.2) is 82.6 Å². The van der Waals surface area contributed by atoms with Gasteiger partial charge >= 0.3 is 29.8 Å². The summed E-state index contributed by atoms with van der Waals surface area (Å²) >= 11 is 0. The smallest absolute Gasteiger partial charge is 0.478 e. The number of para-hydroxylation sites is 2. The monoisotopic (exact) mass is 734 g/mol. The van der Waals surface area contributed by atoms with Gasteiger partial charge in [0.25, 0.3) is 11.1 Å². The molecule has 20 nitrogen and oxygen atoms in total. The van der Waals surface area contributed by atoms with Crippen LogP contribution in [-0.2, 0) is 32.2 Å². The van der Waals surface area contributed by atoms with Crippen molar-refractivity contribution >= 4 is 63.4 Å². The van der Waals surface area contributed by atoms with E-state index in [1.54, 1.807) is 0 Å². The molecule has 0 spiro atoms. The fourth-order valence-corrected chi connectivity index (χ4v) is 4.90. The Morgan fingerprint density at radius 1 is 0.660 bits per heavy atom. The number of rotatable bonds is 11. The Kier molecular flexibility index (Phi) is 10.8. The van der Waals surface area contributed by atoms with Crippen LogP contribution >= 0.6 is 0 Å². The van der Waals surface area contributed by atoms with Crippen LogP contribution in [0.1, 0.15) is 23.2 Å². The van der Waals surface area contributed by atoms with Crippen LogP contribution in [0.2, 0.25) is 0 Å². The van der Waals surface area contributed by atoms with Gasteiger partial charge in [0.05, 0.1) is 30.6 Å². The van der Waals surface area contributed by atoms with E-state index >= 15 is 0 Å². The standard InChI is InChI=1S/C33H26N4O16/c1-48-32(46)50-21-7-3-5-19-25(21)52-30(44)36(27(19)40)11-9-23(38)34-17-13-16(29(42)43)14-18(15-17)35-24(39)10-12-37-28(41)20-6-4-8-22(51-33(47)49-2)26(20)53-31(37)45/h3-8,13-15H,9-12H2,1-2H3,(H,34,38)(H,35,39)(H,42,43). The fraction of sp³-hybridized carbons (Fsp3) is 0.182. The van der Waals surface area contributed by atoms with E-state index in [-0.39, 0.29) is 50.4 Å². The molecule has 0 fully saturated rings. The van der Waals surface area contributed by atoms with Gasteiger partial charge in [0, 0.05) is 37.3 Å². The van der Waals surface area contributed by atoms with Gasteiger partial charge in [-0.15, -0.1) is 0 Å². The molecule has 0 bridgehead atoms. The number of carboxylic acids is 1. The van der Waals surface area contributed by atoms with Crippen LogP contribution in [0.5, 0.6) is 11.5 Å². The largest absolute Gasteiger partial charge is 0.513 e. The Morgan fingerprint density at radius 2 is 1.08 bits per heavy atom. The van der Waals surface area contributed by atoms with Crippen molar-refractivity contribution in [3.63, 3.8) is 0 Å². The summed E-state index contributed by atoms with van der Waals surface area (Å²) in [6.45, 7) is -0.927. The third-order valence-corrected chi connectivity index (χ3v) is 7.32. The van der Waals surface area contributed by atoms with Crippen LogP contribution in [0, 0.1) is 0 Å². The highest BCUT2D eigenvalue weighted by molar-refractivity contribution is 5.98. The molecule has 53 heavy (non-hydrogen) atoms. The second-order valence-electron chi connectivity index (χ2n) is 10.7. The van der Waals surface area contributed by atoms with Gasteiger partial charge in [0.1, 0.15) is 0 Å². The van der Waals surface area contributed by atoms with Gasteiger partial charge in [-0.2, -0.15) is 0 Å². The van der Waals surface area contributed by atoms with Crippen molar-refractivity contribution in [3.05, 3.63) is 102 Å². The first-order valence-corrected chi connectivity index (χ1v) is 15.1. The first kappa shape index (κ1) is 36.8. The Bertz CT molecular complexity index is 2380. The third kappa shape index (κ3) is 8.28. The van der Waals surface area contributed by atoms with Crippen molar-refractivity contribution in [2.45, 2.75) is 25.9 Å². The number of carboxylic acid groups (broad SMARTS) is 1. The maximum Gasteiger partial charge on any atom is 0.513 e. The molecule has 3 aromatic carbocycles. The van der Waals surface area contributed by atoms with Gasteiger partial charge in [-0.3, -0.25) is 19.2 Å². The Balaban J connectivity index is 1.27. The van der Waals surface area contributed by atoms with Gasteiger partial charge in [0.2, 0.25) is 11.8 Å². The predicted molar refractivity (Wildman–Crippen MR) is 179 cm³/mol. The van der Waals surface area contributed by atoms with Crippen LogP contribution in [-0.4, -0.2) is 58.6 Å². The molecule has 5 rings (SSSR count). The number of nitrogens with zero attached hydrogens (tertiary/aromatic N) is 2. The van der Waals surface area contributed by atoms with Crippen molar-refractivity contribution in [1.29, 1.82) is 0 Å². The molecule has 3 N–H and O–H groups in total. The van der Waals surface area contributed by atoms with Gasteiger partial charge in [0.15, 0.2) is 22.7 Å². The van der Waals surface area contributed by atoms with E-state index in [1.807, 2.05) is 0 Å². The molecule has 0 atom stereocenters. The number of fused-ring (bicyclic) bond motifs is 2. The van der Waals surface area contributed by atoms with Crippen LogP contribution in [0.3, 0.4) is 0 Å². The number of amides is 2. The number of aromatic carboxylic acids is 1. The minimum Gasteiger partial charge on any atom is -0.478 e. The maximum atomic E-state index is 13.0. The Hall–Kier alpha value is -7.51. The minimum absolute atomic E-state index is 0.0796. The summed E-state index contributed by atoms with van der Waals surface area (Å²) in [6.07, 6.45) is -3.17. The Labute approximate surface area is 293 Å². The van der Waals surface area contributed by atoms with E-state index in [2.05, 4.69) is 20.1 Å². The normalized spacial score (nSPS) is 10.8. The van der Waals surface area contributed by atoms with Crippen molar-refractivity contribution in [2.24, 2.45) is 0 Å². The number of anilines is 2. The van der Waals surface area contributed by atoms with E-state index in [1.165, 1.54) is 42.5 Å². The molecule has 0 aliphatic heterocycles. The second-order valence-corrected chi connectivity index (χ2v) is 10.7. The molecule has 0 unspecified atom stereocenters. The number of ether oxygens (including phenoxy) is 4. The molecule has 0 radical (unpaired) electrons. The topological polar surface area (TPSA) is 271 Å². The van der Waals surface area contributed by atoms with E-state index in [9.17, 15) is 48.3 Å². The molecule has 0 aliphatic carbocycles. The second kappa shape index (κ2) is 15.6. The molecule has 2 amide bonds. The maximum absolute atomic E-state index is 13.0. The zero-order chi connectivity index (χ0) is 38.4. The number of methoxy groups -OCH3 is 2. The van der Waals surface area contributed by atoms with E-state index in [0.29, 0.717) is 9.13 Å². The van der Waals surface area contributed by atoms with Crippen LogP contribution < -0.4 is 42.7 Å². The lowest BCUT2D eigenvalue weighted by molar-refractivity contribution is -0.117. The Morgan fingerprint density at radius 3 is 1.45 bits per heavy atom. The molecule has 2 aromatic heterocycles. The lowest BCUT2D eigenvalue weighted by Gasteiger charge is -2.12. The minimum atomic E-state index is -1.41. The summed E-state index contributed by atoms with van der Waals surface area (Å²) in [4.78, 5) is 112. The molecule has 0 aliphatic rings. The number of carbonyl (C=O) groups excluding carboxylic acids is 4. The van der Waals surface area contributed by atoms with Gasteiger partial charge in [-0.05, 0) is 42.5 Å². The lowest BCUT2D eigenvalue weighted by Crippen LogP contribution is -2.34. The van der Waals surface area contributed by atoms with Crippen molar-refractivity contribution in [2.75, 3.05) is 24.9 Å². The number of carbonyl (C=O) groups is 5. The summed E-state index contributed by atoms with van der Waals surface area (Å²) in [5.74, 6) is -5.74. The quantitative estimate of drug-likeness (QED) is 0.130. The summed E-state index contributed by atoms with van der Waals surface area (Å²) in [6, 6.07) is 11.3. The van der Waals surface area contributed by atoms with Crippen molar-refractivity contribution in [1.82, 2.24) is 9.13 Å². The molecule has 274 valence electrons. The van der Waals surface area contributed by atoms with Crippen molar-refractivity contribution < 1.29 is 56.9 Å². The van der Waals surface area contributed by atoms with E-state index < -0.39 is 78.7 Å². The third-order valence-electron chi connectivity index (χ3n) is 7.32. The average Bonchev–Trinajstić information content (AvgIpc) is 3.11. The number of nitrogens with one attached hydrogen (secondary N) is 2. The van der Waals surface area contributed by atoms with E-state index in [0.717, 1.165) is 26.4 Å². The van der Waals surface area contributed by atoms with Gasteiger partial charge in [-0.1, -0.05) is 12.1 Å². The average molecular weight is 735 g/mol. The number of benzene rings is 3. The summed E-state index contributed by atoms with van der Waals surface area (Å²) in [5.41, 5.74) is -2.83. The zero-order valence-corrected chi connectivity index (χ0v) is 27.5. The molecule has 0 saturated heterocycles. The lowest BCUT2D eigenvalue weighted by atomic mass is 10.1. The molecule has 5 aromatic rings. The first-order chi connectivity index (χ1) is 25.3. The van der Waals surface area contributed by atoms with Crippen LogP contribution in [0.25, 0.3) is 21.9 Å². The number of hydrogen-bond donors (Lipinski definition) is 3. The number of aromatic nitrogens is 2. The van der Waals surface area contributed by atoms with Gasteiger partial charge < -0.3 is 43.5 Å². The fourth-order valence-electron chi connectivity index (χ4n) is 4.90. The summed E-state index contributed by atoms with van der Waals surface area (Å²) in [7, 11) is 2.12.